The van der Waals surface area contributed by atoms with Crippen LogP contribution in [0.4, 0.5) is 0 Å². The normalized spacial score (nSPS) is 14.8. The number of carboxylic acid groups (broad SMARTS) is 1. The number of rotatable bonds is 4. The van der Waals surface area contributed by atoms with E-state index in [2.05, 4.69) is 25.8 Å². The molecule has 2 atom stereocenters. The van der Waals surface area contributed by atoms with Gasteiger partial charge in [0.2, 0.25) is 0 Å². The molecule has 0 saturated heterocycles. The third kappa shape index (κ3) is 3.71. The van der Waals surface area contributed by atoms with Crippen molar-refractivity contribution in [1.82, 2.24) is 9.55 Å². The van der Waals surface area contributed by atoms with Gasteiger partial charge in [0, 0.05) is 17.4 Å². The summed E-state index contributed by atoms with van der Waals surface area (Å²) in [7, 11) is 0. The van der Waals surface area contributed by atoms with Crippen LogP contribution < -0.4 is 5.69 Å². The minimum atomic E-state index is -0.838. The van der Waals surface area contributed by atoms with Crippen LogP contribution in [0.2, 0.25) is 0 Å². The van der Waals surface area contributed by atoms with E-state index in [4.69, 9.17) is 5.11 Å². The molecule has 118 valence electrons. The number of nitrogens with zero attached hydrogens (tertiary/aromatic N) is 2. The lowest BCUT2D eigenvalue weighted by atomic mass is 9.87. The van der Waals surface area contributed by atoms with E-state index in [1.54, 1.807) is 18.4 Å². The van der Waals surface area contributed by atoms with Gasteiger partial charge in [-0.3, -0.25) is 9.36 Å². The van der Waals surface area contributed by atoms with Gasteiger partial charge in [0.15, 0.2) is 0 Å². The van der Waals surface area contributed by atoms with Crippen molar-refractivity contribution < 1.29 is 9.90 Å². The van der Waals surface area contributed by atoms with Crippen LogP contribution >= 0.6 is 0 Å². The first kappa shape index (κ1) is 17.4. The van der Waals surface area contributed by atoms with Gasteiger partial charge in [0.1, 0.15) is 0 Å². The third-order valence-corrected chi connectivity index (χ3v) is 4.28. The Kier molecular flexibility index (Phi) is 4.97. The molecule has 5 nitrogen and oxygen atoms in total. The Morgan fingerprint density at radius 1 is 1.29 bits per heavy atom. The Morgan fingerprint density at radius 3 is 2.24 bits per heavy atom. The first-order chi connectivity index (χ1) is 9.46. The molecular weight excluding hydrogens is 268 g/mol. The second kappa shape index (κ2) is 6.00. The number of hydrogen-bond donors (Lipinski definition) is 1. The molecule has 0 aliphatic rings. The summed E-state index contributed by atoms with van der Waals surface area (Å²) in [6.45, 7) is 13.5. The predicted molar refractivity (Wildman–Crippen MR) is 82.6 cm³/mol. The molecule has 0 aliphatic carbocycles. The molecule has 0 bridgehead atoms. The summed E-state index contributed by atoms with van der Waals surface area (Å²) < 4.78 is 1.69. The minimum Gasteiger partial charge on any atom is -0.481 e. The van der Waals surface area contributed by atoms with E-state index in [0.717, 1.165) is 11.3 Å². The number of hydrogen-bond acceptors (Lipinski definition) is 3. The van der Waals surface area contributed by atoms with Crippen LogP contribution in [0.1, 0.15) is 57.6 Å². The van der Waals surface area contributed by atoms with Crippen molar-refractivity contribution in [1.29, 1.82) is 0 Å². The van der Waals surface area contributed by atoms with Crippen molar-refractivity contribution in [3.63, 3.8) is 0 Å². The zero-order valence-corrected chi connectivity index (χ0v) is 14.0. The van der Waals surface area contributed by atoms with Crippen molar-refractivity contribution >= 4 is 5.97 Å². The number of carboxylic acids is 1. The molecule has 1 aromatic rings. The van der Waals surface area contributed by atoms with E-state index in [1.807, 2.05) is 13.8 Å². The van der Waals surface area contributed by atoms with Crippen LogP contribution in [-0.2, 0) is 11.2 Å². The summed E-state index contributed by atoms with van der Waals surface area (Å²) in [6, 6.07) is -0.0167. The standard InChI is InChI=1S/C16H26N2O3/c1-9(14(19)20)8-13-10(2)17-15(21)18(11(13)3)12(4)16(5,6)7/h9,12H,8H2,1-7H3,(H,19,20). The summed E-state index contributed by atoms with van der Waals surface area (Å²) in [6.07, 6.45) is 0.386. The van der Waals surface area contributed by atoms with Crippen LogP contribution in [0, 0.1) is 25.2 Å². The molecule has 0 radical (unpaired) electrons. The smallest absolute Gasteiger partial charge is 0.348 e. The first-order valence-electron chi connectivity index (χ1n) is 7.28. The molecule has 2 unspecified atom stereocenters. The largest absolute Gasteiger partial charge is 0.481 e. The monoisotopic (exact) mass is 294 g/mol. The Bertz CT molecular complexity index is 597. The summed E-state index contributed by atoms with van der Waals surface area (Å²) in [4.78, 5) is 27.4. The lowest BCUT2D eigenvalue weighted by Crippen LogP contribution is -2.35. The maximum absolute atomic E-state index is 12.3. The highest BCUT2D eigenvalue weighted by atomic mass is 16.4. The molecule has 0 amide bonds. The molecule has 0 fully saturated rings. The Balaban J connectivity index is 3.42. The van der Waals surface area contributed by atoms with Crippen molar-refractivity contribution in [2.24, 2.45) is 11.3 Å². The van der Waals surface area contributed by atoms with E-state index in [-0.39, 0.29) is 17.1 Å². The Hall–Kier alpha value is -1.65. The molecule has 0 saturated carbocycles. The van der Waals surface area contributed by atoms with Gasteiger partial charge in [0.05, 0.1) is 5.92 Å². The fraction of sp³-hybridized carbons (Fsp3) is 0.688. The summed E-state index contributed by atoms with van der Waals surface area (Å²) in [5.41, 5.74) is 1.96. The maximum atomic E-state index is 12.3. The van der Waals surface area contributed by atoms with Crippen molar-refractivity contribution in [3.8, 4) is 0 Å². The third-order valence-electron chi connectivity index (χ3n) is 4.28. The fourth-order valence-electron chi connectivity index (χ4n) is 2.35. The molecule has 1 heterocycles. The number of aliphatic carboxylic acids is 1. The Labute approximate surface area is 126 Å². The lowest BCUT2D eigenvalue weighted by Gasteiger charge is -2.31. The van der Waals surface area contributed by atoms with E-state index < -0.39 is 11.9 Å². The average Bonchev–Trinajstić information content (AvgIpc) is 2.32. The number of carbonyl (C=O) groups is 1. The van der Waals surface area contributed by atoms with E-state index in [9.17, 15) is 9.59 Å². The lowest BCUT2D eigenvalue weighted by molar-refractivity contribution is -0.141. The highest BCUT2D eigenvalue weighted by molar-refractivity contribution is 5.70. The fourth-order valence-corrected chi connectivity index (χ4v) is 2.35. The summed E-state index contributed by atoms with van der Waals surface area (Å²) in [5.74, 6) is -1.34. The van der Waals surface area contributed by atoms with Crippen molar-refractivity contribution in [3.05, 3.63) is 27.4 Å². The zero-order chi connectivity index (χ0) is 16.5. The molecule has 1 rings (SSSR count). The molecular formula is C16H26N2O3. The van der Waals surface area contributed by atoms with Gasteiger partial charge in [-0.15, -0.1) is 0 Å². The highest BCUT2D eigenvalue weighted by Crippen LogP contribution is 2.30. The quantitative estimate of drug-likeness (QED) is 0.926. The van der Waals surface area contributed by atoms with Crippen LogP contribution in [0.3, 0.4) is 0 Å². The van der Waals surface area contributed by atoms with Gasteiger partial charge < -0.3 is 5.11 Å². The predicted octanol–water partition coefficient (Wildman–Crippen LogP) is 2.73. The van der Waals surface area contributed by atoms with Gasteiger partial charge in [-0.25, -0.2) is 4.79 Å². The minimum absolute atomic E-state index is 0.0167. The van der Waals surface area contributed by atoms with Crippen LogP contribution in [0.5, 0.6) is 0 Å². The Morgan fingerprint density at radius 2 is 1.81 bits per heavy atom. The second-order valence-corrected chi connectivity index (χ2v) is 6.90. The highest BCUT2D eigenvalue weighted by Gasteiger charge is 2.26. The molecule has 21 heavy (non-hydrogen) atoms. The van der Waals surface area contributed by atoms with E-state index in [0.29, 0.717) is 12.1 Å². The SMILES string of the molecule is Cc1nc(=O)n(C(C)C(C)(C)C)c(C)c1CC(C)C(=O)O. The van der Waals surface area contributed by atoms with Crippen molar-refractivity contribution in [2.75, 3.05) is 0 Å². The first-order valence-corrected chi connectivity index (χ1v) is 7.28. The molecule has 1 N–H and O–H groups in total. The van der Waals surface area contributed by atoms with E-state index >= 15 is 0 Å². The van der Waals surface area contributed by atoms with Gasteiger partial charge in [-0.05, 0) is 38.2 Å². The van der Waals surface area contributed by atoms with Crippen LogP contribution in [0.15, 0.2) is 4.79 Å². The van der Waals surface area contributed by atoms with Crippen LogP contribution in [-0.4, -0.2) is 20.6 Å². The summed E-state index contributed by atoms with van der Waals surface area (Å²) in [5, 5.41) is 9.10. The van der Waals surface area contributed by atoms with Gasteiger partial charge >= 0.3 is 11.7 Å². The van der Waals surface area contributed by atoms with Gasteiger partial charge in [-0.2, -0.15) is 4.98 Å². The summed E-state index contributed by atoms with van der Waals surface area (Å²) >= 11 is 0. The maximum Gasteiger partial charge on any atom is 0.348 e. The average molecular weight is 294 g/mol. The zero-order valence-electron chi connectivity index (χ0n) is 14.0. The molecule has 0 aromatic carbocycles. The molecule has 5 heteroatoms. The van der Waals surface area contributed by atoms with Gasteiger partial charge in [-0.1, -0.05) is 27.7 Å². The molecule has 1 aromatic heterocycles. The molecule has 0 aliphatic heterocycles. The van der Waals surface area contributed by atoms with E-state index in [1.165, 1.54) is 0 Å². The second-order valence-electron chi connectivity index (χ2n) is 6.90. The topological polar surface area (TPSA) is 72.2 Å². The van der Waals surface area contributed by atoms with Gasteiger partial charge in [0.25, 0.3) is 0 Å². The van der Waals surface area contributed by atoms with Crippen LogP contribution in [0.25, 0.3) is 0 Å². The number of aromatic nitrogens is 2. The number of aryl methyl sites for hydroxylation is 1. The van der Waals surface area contributed by atoms with Crippen molar-refractivity contribution in [2.45, 2.75) is 60.9 Å². The molecule has 0 spiro atoms.